The summed E-state index contributed by atoms with van der Waals surface area (Å²) < 4.78 is 5.38. The second kappa shape index (κ2) is 9.62. The largest absolute Gasteiger partial charge is 0.444 e. The predicted octanol–water partition coefficient (Wildman–Crippen LogP) is 2.33. The fraction of sp³-hybridized carbons (Fsp3) is 0.900. The molecular formula is C20H39N5O2. The number of nitrogens with zero attached hydrogens (tertiary/aromatic N) is 2. The third-order valence-electron chi connectivity index (χ3n) is 5.15. The van der Waals surface area contributed by atoms with Gasteiger partial charge in [-0.05, 0) is 52.4 Å². The van der Waals surface area contributed by atoms with Gasteiger partial charge in [0.05, 0.1) is 6.04 Å². The van der Waals surface area contributed by atoms with Gasteiger partial charge in [0.15, 0.2) is 5.96 Å². The Bertz CT molecular complexity index is 503. The van der Waals surface area contributed by atoms with Crippen molar-refractivity contribution in [1.82, 2.24) is 20.9 Å². The van der Waals surface area contributed by atoms with Crippen LogP contribution in [0.5, 0.6) is 0 Å². The Morgan fingerprint density at radius 2 is 1.81 bits per heavy atom. The molecule has 1 aliphatic carbocycles. The summed E-state index contributed by atoms with van der Waals surface area (Å²) in [5.41, 5.74) is -0.494. The molecule has 27 heavy (non-hydrogen) atoms. The van der Waals surface area contributed by atoms with Gasteiger partial charge in [-0.25, -0.2) is 4.79 Å². The van der Waals surface area contributed by atoms with Gasteiger partial charge in [0, 0.05) is 38.8 Å². The molecule has 2 rings (SSSR count). The molecule has 0 aromatic carbocycles. The number of carbonyl (C=O) groups is 1. The number of ether oxygens (including phenoxy) is 1. The number of hydrogen-bond donors (Lipinski definition) is 3. The fourth-order valence-corrected chi connectivity index (χ4v) is 3.36. The van der Waals surface area contributed by atoms with Crippen LogP contribution in [0.1, 0.15) is 60.3 Å². The summed E-state index contributed by atoms with van der Waals surface area (Å²) in [6.45, 7) is 12.8. The molecular weight excluding hydrogens is 342 g/mol. The molecule has 2 fully saturated rings. The quantitative estimate of drug-likeness (QED) is 0.486. The van der Waals surface area contributed by atoms with Gasteiger partial charge in [-0.15, -0.1) is 0 Å². The van der Waals surface area contributed by atoms with E-state index in [1.165, 1.54) is 25.9 Å². The van der Waals surface area contributed by atoms with Crippen molar-refractivity contribution in [2.75, 3.05) is 26.7 Å². The van der Waals surface area contributed by atoms with Crippen molar-refractivity contribution >= 4 is 12.1 Å². The van der Waals surface area contributed by atoms with E-state index in [0.717, 1.165) is 24.8 Å². The first kappa shape index (κ1) is 21.8. The summed E-state index contributed by atoms with van der Waals surface area (Å²) in [5, 5.41) is 9.88. The van der Waals surface area contributed by atoms with E-state index in [1.54, 1.807) is 7.05 Å². The highest BCUT2D eigenvalue weighted by atomic mass is 16.6. The van der Waals surface area contributed by atoms with Crippen molar-refractivity contribution < 1.29 is 9.53 Å². The van der Waals surface area contributed by atoms with Crippen LogP contribution in [-0.4, -0.2) is 67.4 Å². The molecule has 7 heteroatoms. The molecule has 1 saturated heterocycles. The monoisotopic (exact) mass is 381 g/mol. The molecule has 0 spiro atoms. The average molecular weight is 382 g/mol. The number of rotatable bonds is 6. The van der Waals surface area contributed by atoms with Gasteiger partial charge in [0.25, 0.3) is 0 Å². The van der Waals surface area contributed by atoms with Gasteiger partial charge in [-0.3, -0.25) is 4.99 Å². The summed E-state index contributed by atoms with van der Waals surface area (Å²) >= 11 is 0. The topological polar surface area (TPSA) is 78.0 Å². The molecule has 7 nitrogen and oxygen atoms in total. The normalized spacial score (nSPS) is 21.1. The number of piperidine rings is 1. The minimum Gasteiger partial charge on any atom is -0.444 e. The lowest BCUT2D eigenvalue weighted by molar-refractivity contribution is 0.0491. The van der Waals surface area contributed by atoms with Gasteiger partial charge in [-0.2, -0.15) is 0 Å². The van der Waals surface area contributed by atoms with E-state index in [9.17, 15) is 4.79 Å². The van der Waals surface area contributed by atoms with Gasteiger partial charge in [0.2, 0.25) is 0 Å². The van der Waals surface area contributed by atoms with E-state index in [0.29, 0.717) is 12.6 Å². The highest BCUT2D eigenvalue weighted by molar-refractivity contribution is 5.80. The van der Waals surface area contributed by atoms with Crippen molar-refractivity contribution in [3.63, 3.8) is 0 Å². The second-order valence-corrected chi connectivity index (χ2v) is 9.14. The second-order valence-electron chi connectivity index (χ2n) is 9.14. The Labute approximate surface area is 164 Å². The number of amides is 1. The third-order valence-corrected chi connectivity index (χ3v) is 5.15. The molecule has 0 aromatic heterocycles. The zero-order valence-corrected chi connectivity index (χ0v) is 18.0. The summed E-state index contributed by atoms with van der Waals surface area (Å²) in [6.07, 6.45) is 4.69. The van der Waals surface area contributed by atoms with E-state index in [-0.39, 0.29) is 18.1 Å². The van der Waals surface area contributed by atoms with E-state index >= 15 is 0 Å². The maximum atomic E-state index is 12.1. The van der Waals surface area contributed by atoms with Crippen LogP contribution in [-0.2, 0) is 4.74 Å². The lowest BCUT2D eigenvalue weighted by Gasteiger charge is -2.33. The number of guanidine groups is 1. The molecule has 1 atom stereocenters. The van der Waals surface area contributed by atoms with Gasteiger partial charge in [0.1, 0.15) is 5.60 Å². The Morgan fingerprint density at radius 3 is 2.30 bits per heavy atom. The van der Waals surface area contributed by atoms with Crippen LogP contribution in [0.25, 0.3) is 0 Å². The SMILES string of the molecule is CN=C(NCC(NC(=O)OC(C)(C)C)C(C)C)NC1CCN(C2CC2)CC1. The van der Waals surface area contributed by atoms with Crippen molar-refractivity contribution in [3.8, 4) is 0 Å². The number of carbonyl (C=O) groups excluding carboxylic acids is 1. The first-order chi connectivity index (χ1) is 12.7. The third kappa shape index (κ3) is 7.95. The molecule has 2 aliphatic rings. The van der Waals surface area contributed by atoms with Gasteiger partial charge >= 0.3 is 6.09 Å². The molecule has 1 heterocycles. The summed E-state index contributed by atoms with van der Waals surface area (Å²) in [5.74, 6) is 1.08. The average Bonchev–Trinajstić information content (AvgIpc) is 3.41. The maximum Gasteiger partial charge on any atom is 0.407 e. The van der Waals surface area contributed by atoms with Crippen LogP contribution < -0.4 is 16.0 Å². The lowest BCUT2D eigenvalue weighted by atomic mass is 10.0. The first-order valence-electron chi connectivity index (χ1n) is 10.4. The number of aliphatic imine (C=N–C) groups is 1. The van der Waals surface area contributed by atoms with Crippen molar-refractivity contribution in [2.24, 2.45) is 10.9 Å². The van der Waals surface area contributed by atoms with Gasteiger partial charge in [-0.1, -0.05) is 13.8 Å². The minimum atomic E-state index is -0.494. The summed E-state index contributed by atoms with van der Waals surface area (Å²) in [6, 6.07) is 1.28. The number of alkyl carbamates (subject to hydrolysis) is 1. The van der Waals surface area contributed by atoms with E-state index in [2.05, 4.69) is 39.7 Å². The Hall–Kier alpha value is -1.50. The van der Waals surface area contributed by atoms with E-state index in [4.69, 9.17) is 4.74 Å². The number of nitrogens with one attached hydrogen (secondary N) is 3. The smallest absolute Gasteiger partial charge is 0.407 e. The molecule has 1 saturated carbocycles. The molecule has 0 aromatic rings. The molecule has 1 unspecified atom stereocenters. The lowest BCUT2D eigenvalue weighted by Crippen LogP contribution is -2.53. The van der Waals surface area contributed by atoms with Gasteiger partial charge < -0.3 is 25.6 Å². The predicted molar refractivity (Wildman–Crippen MR) is 110 cm³/mol. The Balaban J connectivity index is 1.75. The maximum absolute atomic E-state index is 12.1. The molecule has 0 radical (unpaired) electrons. The van der Waals surface area contributed by atoms with E-state index < -0.39 is 5.60 Å². The standard InChI is InChI=1S/C20H39N5O2/c1-14(2)17(24-19(26)27-20(3,4)5)13-22-18(21-6)23-15-9-11-25(12-10-15)16-7-8-16/h14-17H,7-13H2,1-6H3,(H,24,26)(H2,21,22,23). The molecule has 0 bridgehead atoms. The van der Waals surface area contributed by atoms with Crippen molar-refractivity contribution in [3.05, 3.63) is 0 Å². The molecule has 1 aliphatic heterocycles. The summed E-state index contributed by atoms with van der Waals surface area (Å²) in [7, 11) is 1.79. The first-order valence-corrected chi connectivity index (χ1v) is 10.4. The van der Waals surface area contributed by atoms with Crippen LogP contribution in [0, 0.1) is 5.92 Å². The van der Waals surface area contributed by atoms with Crippen molar-refractivity contribution in [2.45, 2.75) is 84.0 Å². The highest BCUT2D eigenvalue weighted by Gasteiger charge is 2.32. The van der Waals surface area contributed by atoms with Crippen LogP contribution in [0.15, 0.2) is 4.99 Å². The Morgan fingerprint density at radius 1 is 1.19 bits per heavy atom. The number of hydrogen-bond acceptors (Lipinski definition) is 4. The van der Waals surface area contributed by atoms with E-state index in [1.807, 2.05) is 20.8 Å². The molecule has 156 valence electrons. The zero-order chi connectivity index (χ0) is 20.0. The highest BCUT2D eigenvalue weighted by Crippen LogP contribution is 2.29. The Kier molecular flexibility index (Phi) is 7.77. The van der Waals surface area contributed by atoms with Crippen LogP contribution in [0.2, 0.25) is 0 Å². The number of likely N-dealkylation sites (tertiary alicyclic amines) is 1. The van der Waals surface area contributed by atoms with Crippen LogP contribution in [0.4, 0.5) is 4.79 Å². The summed E-state index contributed by atoms with van der Waals surface area (Å²) in [4.78, 5) is 19.1. The van der Waals surface area contributed by atoms with Crippen LogP contribution in [0.3, 0.4) is 0 Å². The zero-order valence-electron chi connectivity index (χ0n) is 18.0. The fourth-order valence-electron chi connectivity index (χ4n) is 3.36. The van der Waals surface area contributed by atoms with Crippen molar-refractivity contribution in [1.29, 1.82) is 0 Å². The molecule has 3 N–H and O–H groups in total. The van der Waals surface area contributed by atoms with Crippen LogP contribution >= 0.6 is 0 Å². The minimum absolute atomic E-state index is 0.0323. The molecule has 1 amide bonds.